The maximum atomic E-state index is 11.8. The molecule has 16 heavy (non-hydrogen) atoms. The topological polar surface area (TPSA) is 69.6 Å². The van der Waals surface area contributed by atoms with E-state index in [2.05, 4.69) is 5.43 Å². The highest BCUT2D eigenvalue weighted by molar-refractivity contribution is 6.20. The molecule has 5 heteroatoms. The summed E-state index contributed by atoms with van der Waals surface area (Å²) in [5, 5.41) is 9.82. The van der Waals surface area contributed by atoms with Crippen molar-refractivity contribution in [2.75, 3.05) is 6.61 Å². The van der Waals surface area contributed by atoms with E-state index in [9.17, 15) is 9.59 Å². The Hall–Kier alpha value is -1.72. The summed E-state index contributed by atoms with van der Waals surface area (Å²) in [6, 6.07) is 6.30. The van der Waals surface area contributed by atoms with Gasteiger partial charge in [-0.1, -0.05) is 12.1 Å². The zero-order chi connectivity index (χ0) is 11.7. The lowest BCUT2D eigenvalue weighted by Crippen LogP contribution is -2.48. The largest absolute Gasteiger partial charge is 0.395 e. The smallest absolute Gasteiger partial charge is 0.276 e. The van der Waals surface area contributed by atoms with Crippen LogP contribution in [0.4, 0.5) is 0 Å². The molecule has 0 spiro atoms. The van der Waals surface area contributed by atoms with Crippen molar-refractivity contribution in [3.63, 3.8) is 0 Å². The molecular formula is C11H12N2O3. The van der Waals surface area contributed by atoms with Crippen LogP contribution in [0.25, 0.3) is 0 Å². The van der Waals surface area contributed by atoms with E-state index in [4.69, 9.17) is 5.11 Å². The molecule has 1 heterocycles. The van der Waals surface area contributed by atoms with Crippen molar-refractivity contribution in [2.24, 2.45) is 0 Å². The third-order valence-electron chi connectivity index (χ3n) is 2.42. The van der Waals surface area contributed by atoms with Crippen LogP contribution < -0.4 is 5.43 Å². The lowest BCUT2D eigenvalue weighted by atomic mass is 10.1. The van der Waals surface area contributed by atoms with Gasteiger partial charge in [0, 0.05) is 6.04 Å². The van der Waals surface area contributed by atoms with Crippen LogP contribution >= 0.6 is 0 Å². The number of aliphatic hydroxyl groups excluding tert-OH is 1. The van der Waals surface area contributed by atoms with Crippen molar-refractivity contribution < 1.29 is 14.7 Å². The number of rotatable bonds is 3. The second kappa shape index (κ2) is 4.03. The second-order valence-corrected chi connectivity index (χ2v) is 3.70. The van der Waals surface area contributed by atoms with Gasteiger partial charge in [0.2, 0.25) is 0 Å². The van der Waals surface area contributed by atoms with Crippen LogP contribution in [-0.2, 0) is 0 Å². The molecule has 0 aliphatic carbocycles. The van der Waals surface area contributed by atoms with E-state index in [1.807, 2.05) is 0 Å². The molecule has 0 bridgehead atoms. The third-order valence-corrected chi connectivity index (χ3v) is 2.42. The molecular weight excluding hydrogens is 208 g/mol. The van der Waals surface area contributed by atoms with Crippen LogP contribution in [0.15, 0.2) is 24.3 Å². The highest BCUT2D eigenvalue weighted by Gasteiger charge is 2.35. The van der Waals surface area contributed by atoms with Gasteiger partial charge in [-0.15, -0.1) is 0 Å². The van der Waals surface area contributed by atoms with E-state index >= 15 is 0 Å². The average molecular weight is 220 g/mol. The standard InChI is InChI=1S/C11H12N2O3/c1-7(6-14)12-13-10(15)8-4-2-3-5-9(8)11(13)16/h2-5,7,12,14H,6H2,1H3. The van der Waals surface area contributed by atoms with E-state index in [0.29, 0.717) is 11.1 Å². The summed E-state index contributed by atoms with van der Waals surface area (Å²) in [6.45, 7) is 1.54. The Morgan fingerprint density at radius 3 is 2.19 bits per heavy atom. The molecule has 0 saturated carbocycles. The lowest BCUT2D eigenvalue weighted by molar-refractivity contribution is 0.0513. The Balaban J connectivity index is 2.28. The minimum atomic E-state index is -0.374. The minimum Gasteiger partial charge on any atom is -0.395 e. The number of hydrogen-bond donors (Lipinski definition) is 2. The minimum absolute atomic E-state index is 0.145. The first-order valence-corrected chi connectivity index (χ1v) is 5.00. The number of hydrogen-bond acceptors (Lipinski definition) is 4. The number of nitrogens with one attached hydrogen (secondary N) is 1. The lowest BCUT2D eigenvalue weighted by Gasteiger charge is -2.19. The number of fused-ring (bicyclic) bond motifs is 1. The van der Waals surface area contributed by atoms with Crippen molar-refractivity contribution in [3.8, 4) is 0 Å². The summed E-state index contributed by atoms with van der Waals surface area (Å²) in [4.78, 5) is 23.6. The molecule has 1 aliphatic heterocycles. The highest BCUT2D eigenvalue weighted by Crippen LogP contribution is 2.20. The van der Waals surface area contributed by atoms with E-state index in [-0.39, 0.29) is 24.5 Å². The first-order valence-electron chi connectivity index (χ1n) is 5.00. The number of aliphatic hydroxyl groups is 1. The van der Waals surface area contributed by atoms with E-state index in [1.165, 1.54) is 0 Å². The molecule has 5 nitrogen and oxygen atoms in total. The molecule has 1 unspecified atom stereocenters. The van der Waals surface area contributed by atoms with Gasteiger partial charge in [-0.05, 0) is 19.1 Å². The Kier molecular flexibility index (Phi) is 2.72. The van der Waals surface area contributed by atoms with E-state index in [0.717, 1.165) is 5.01 Å². The van der Waals surface area contributed by atoms with Gasteiger partial charge in [-0.2, -0.15) is 0 Å². The fraction of sp³-hybridized carbons (Fsp3) is 0.273. The van der Waals surface area contributed by atoms with Gasteiger partial charge in [0.15, 0.2) is 0 Å². The fourth-order valence-electron chi connectivity index (χ4n) is 1.57. The molecule has 0 radical (unpaired) electrons. The summed E-state index contributed by atoms with van der Waals surface area (Å²) < 4.78 is 0. The van der Waals surface area contributed by atoms with Gasteiger partial charge < -0.3 is 5.11 Å². The first-order chi connectivity index (χ1) is 7.65. The molecule has 0 fully saturated rings. The zero-order valence-corrected chi connectivity index (χ0v) is 8.80. The predicted molar refractivity (Wildman–Crippen MR) is 56.6 cm³/mol. The van der Waals surface area contributed by atoms with Gasteiger partial charge in [0.1, 0.15) is 0 Å². The average Bonchev–Trinajstić information content (AvgIpc) is 2.55. The first kappa shape index (κ1) is 10.8. The normalized spacial score (nSPS) is 16.5. The van der Waals surface area contributed by atoms with Crippen molar-refractivity contribution >= 4 is 11.8 Å². The molecule has 1 aliphatic rings. The number of benzene rings is 1. The predicted octanol–water partition coefficient (Wildman–Crippen LogP) is 0.168. The van der Waals surface area contributed by atoms with Crippen molar-refractivity contribution in [3.05, 3.63) is 35.4 Å². The van der Waals surface area contributed by atoms with Gasteiger partial charge in [0.05, 0.1) is 17.7 Å². The summed E-state index contributed by atoms with van der Waals surface area (Å²) in [7, 11) is 0. The second-order valence-electron chi connectivity index (χ2n) is 3.70. The number of carbonyl (C=O) groups is 2. The van der Waals surface area contributed by atoms with E-state index < -0.39 is 0 Å². The Bertz CT molecular complexity index is 410. The quantitative estimate of drug-likeness (QED) is 0.712. The number of carbonyl (C=O) groups excluding carboxylic acids is 2. The van der Waals surface area contributed by atoms with Crippen LogP contribution in [0.2, 0.25) is 0 Å². The van der Waals surface area contributed by atoms with Crippen molar-refractivity contribution in [1.82, 2.24) is 10.4 Å². The van der Waals surface area contributed by atoms with Gasteiger partial charge in [0.25, 0.3) is 11.8 Å². The monoisotopic (exact) mass is 220 g/mol. The SMILES string of the molecule is CC(CO)NN1C(=O)c2ccccc2C1=O. The van der Waals surface area contributed by atoms with Gasteiger partial charge in [-0.3, -0.25) is 9.59 Å². The molecule has 2 N–H and O–H groups in total. The Labute approximate surface area is 92.6 Å². The summed E-state index contributed by atoms with van der Waals surface area (Å²) in [5.41, 5.74) is 3.45. The van der Waals surface area contributed by atoms with Crippen LogP contribution in [-0.4, -0.2) is 34.6 Å². The fourth-order valence-corrected chi connectivity index (χ4v) is 1.57. The van der Waals surface area contributed by atoms with E-state index in [1.54, 1.807) is 31.2 Å². The molecule has 0 saturated heterocycles. The van der Waals surface area contributed by atoms with Crippen LogP contribution in [0.1, 0.15) is 27.6 Å². The summed E-state index contributed by atoms with van der Waals surface area (Å²) >= 11 is 0. The van der Waals surface area contributed by atoms with Crippen molar-refractivity contribution in [2.45, 2.75) is 13.0 Å². The highest BCUT2D eigenvalue weighted by atomic mass is 16.3. The number of imide groups is 1. The molecule has 1 aromatic rings. The third kappa shape index (κ3) is 1.60. The van der Waals surface area contributed by atoms with Crippen LogP contribution in [0.3, 0.4) is 0 Å². The maximum absolute atomic E-state index is 11.8. The van der Waals surface area contributed by atoms with Crippen LogP contribution in [0.5, 0.6) is 0 Å². The van der Waals surface area contributed by atoms with Gasteiger partial charge in [-0.25, -0.2) is 10.4 Å². The number of nitrogens with zero attached hydrogens (tertiary/aromatic N) is 1. The number of hydrazine groups is 1. The molecule has 1 atom stereocenters. The van der Waals surface area contributed by atoms with Crippen LogP contribution in [0, 0.1) is 0 Å². The molecule has 84 valence electrons. The molecule has 2 amide bonds. The number of amides is 2. The zero-order valence-electron chi connectivity index (χ0n) is 8.80. The maximum Gasteiger partial charge on any atom is 0.276 e. The van der Waals surface area contributed by atoms with Crippen molar-refractivity contribution in [1.29, 1.82) is 0 Å². The van der Waals surface area contributed by atoms with Gasteiger partial charge >= 0.3 is 0 Å². The Morgan fingerprint density at radius 2 is 1.75 bits per heavy atom. The summed E-state index contributed by atoms with van der Waals surface area (Å²) in [5.74, 6) is -0.748. The molecule has 0 aromatic heterocycles. The molecule has 2 rings (SSSR count). The summed E-state index contributed by atoms with van der Waals surface area (Å²) in [6.07, 6.45) is 0. The Morgan fingerprint density at radius 1 is 1.25 bits per heavy atom. The molecule has 1 aromatic carbocycles.